The van der Waals surface area contributed by atoms with E-state index in [1.54, 1.807) is 17.3 Å². The highest BCUT2D eigenvalue weighted by atomic mass is 32.2. The predicted octanol–water partition coefficient (Wildman–Crippen LogP) is 7.27. The molecule has 0 N–H and O–H groups in total. The van der Waals surface area contributed by atoms with E-state index in [1.165, 1.54) is 70.6 Å². The number of hydrogen-bond acceptors (Lipinski definition) is 2. The number of thioether (sulfide) groups is 1. The first-order valence-electron chi connectivity index (χ1n) is 10.4. The number of allylic oxidation sites excluding steroid dienone is 6. The molecule has 0 saturated heterocycles. The maximum absolute atomic E-state index is 8.00. The minimum atomic E-state index is 0.828. The molecule has 0 aromatic carbocycles. The fourth-order valence-corrected chi connectivity index (χ4v) is 5.18. The predicted molar refractivity (Wildman–Crippen MR) is 116 cm³/mol. The Bertz CT molecular complexity index is 526. The average molecular weight is 373 g/mol. The van der Waals surface area contributed by atoms with E-state index in [2.05, 4.69) is 36.5 Å². The van der Waals surface area contributed by atoms with Crippen molar-refractivity contribution in [2.75, 3.05) is 6.26 Å². The second-order valence-corrected chi connectivity index (χ2v) is 8.69. The lowest BCUT2D eigenvalue weighted by Crippen LogP contribution is -2.22. The maximum atomic E-state index is 8.00. The molecule has 3 rings (SSSR count). The summed E-state index contributed by atoms with van der Waals surface area (Å²) in [6.07, 6.45) is 24.8. The molecule has 3 fully saturated rings. The van der Waals surface area contributed by atoms with E-state index in [0.717, 1.165) is 23.3 Å². The van der Waals surface area contributed by atoms with Crippen LogP contribution in [0.4, 0.5) is 0 Å². The molecule has 0 aromatic heterocycles. The summed E-state index contributed by atoms with van der Waals surface area (Å²) in [4.78, 5) is 8.00. The Labute approximate surface area is 165 Å². The first-order valence-corrected chi connectivity index (χ1v) is 11.7. The van der Waals surface area contributed by atoms with Gasteiger partial charge in [-0.2, -0.15) is 0 Å². The van der Waals surface area contributed by atoms with Gasteiger partial charge < -0.3 is 4.79 Å². The van der Waals surface area contributed by atoms with Gasteiger partial charge in [-0.05, 0) is 85.2 Å². The van der Waals surface area contributed by atoms with Crippen LogP contribution < -0.4 is 0 Å². The Morgan fingerprint density at radius 2 is 1.27 bits per heavy atom. The van der Waals surface area contributed by atoms with Crippen LogP contribution in [0.25, 0.3) is 0 Å². The number of carbonyl (C=O) groups excluding carboxylic acids is 1. The Kier molecular flexibility index (Phi) is 9.53. The molecule has 0 aromatic rings. The first-order chi connectivity index (χ1) is 12.8. The molecule has 0 unspecified atom stereocenters. The molecule has 1 nitrogen and oxygen atoms in total. The van der Waals surface area contributed by atoms with Crippen LogP contribution in [0, 0.1) is 17.8 Å². The van der Waals surface area contributed by atoms with Crippen LogP contribution >= 0.6 is 11.8 Å². The van der Waals surface area contributed by atoms with Crippen molar-refractivity contribution >= 4 is 18.6 Å². The molecular weight excluding hydrogens is 336 g/mol. The molecule has 0 amide bonds. The Morgan fingerprint density at radius 3 is 1.73 bits per heavy atom. The molecule has 3 saturated carbocycles. The van der Waals surface area contributed by atoms with Crippen molar-refractivity contribution in [3.63, 3.8) is 0 Å². The highest BCUT2D eigenvalue weighted by molar-refractivity contribution is 8.01. The van der Waals surface area contributed by atoms with Gasteiger partial charge in [-0.25, -0.2) is 0 Å². The molecule has 0 aliphatic heterocycles. The van der Waals surface area contributed by atoms with Gasteiger partial charge in [0, 0.05) is 0 Å². The van der Waals surface area contributed by atoms with E-state index in [1.807, 2.05) is 12.4 Å². The molecule has 0 radical (unpaired) electrons. The summed E-state index contributed by atoms with van der Waals surface area (Å²) < 4.78 is 0. The summed E-state index contributed by atoms with van der Waals surface area (Å²) >= 11 is 1.75. The Hall–Kier alpha value is -1.02. The third-order valence-electron chi connectivity index (χ3n) is 6.36. The molecule has 0 spiro atoms. The van der Waals surface area contributed by atoms with Crippen LogP contribution in [-0.2, 0) is 4.79 Å². The summed E-state index contributed by atoms with van der Waals surface area (Å²) in [5, 5.41) is 2.13. The summed E-state index contributed by atoms with van der Waals surface area (Å²) in [6.45, 7) is 6.22. The molecule has 0 bridgehead atoms. The minimum absolute atomic E-state index is 0.828. The molecule has 0 heterocycles. The van der Waals surface area contributed by atoms with E-state index in [0.29, 0.717) is 0 Å². The van der Waals surface area contributed by atoms with E-state index < -0.39 is 0 Å². The zero-order valence-corrected chi connectivity index (χ0v) is 17.4. The highest BCUT2D eigenvalue weighted by Gasteiger charge is 2.33. The second-order valence-electron chi connectivity index (χ2n) is 7.95. The molecule has 2 heteroatoms. The third kappa shape index (κ3) is 5.74. The van der Waals surface area contributed by atoms with E-state index in [4.69, 9.17) is 4.79 Å². The van der Waals surface area contributed by atoms with Crippen molar-refractivity contribution in [2.24, 2.45) is 17.8 Å². The van der Waals surface area contributed by atoms with Crippen LogP contribution in [0.1, 0.15) is 70.6 Å². The molecular formula is C24H36OS. The summed E-state index contributed by atoms with van der Waals surface area (Å²) in [7, 11) is 0. The van der Waals surface area contributed by atoms with Gasteiger partial charge in [0.25, 0.3) is 0 Å². The van der Waals surface area contributed by atoms with Crippen LogP contribution in [0.2, 0.25) is 0 Å². The van der Waals surface area contributed by atoms with Crippen LogP contribution in [0.3, 0.4) is 0 Å². The third-order valence-corrected chi connectivity index (χ3v) is 6.77. The Balaban J connectivity index is 0.00000117. The van der Waals surface area contributed by atoms with Gasteiger partial charge in [-0.3, -0.25) is 0 Å². The van der Waals surface area contributed by atoms with Gasteiger partial charge in [0.2, 0.25) is 0 Å². The van der Waals surface area contributed by atoms with Gasteiger partial charge in [-0.1, -0.05) is 56.4 Å². The molecule has 3 aliphatic rings. The van der Waals surface area contributed by atoms with Gasteiger partial charge in [0.15, 0.2) is 0 Å². The van der Waals surface area contributed by atoms with Gasteiger partial charge in [0.1, 0.15) is 6.79 Å². The Morgan fingerprint density at radius 1 is 0.769 bits per heavy atom. The van der Waals surface area contributed by atoms with Crippen molar-refractivity contribution in [1.29, 1.82) is 0 Å². The lowest BCUT2D eigenvalue weighted by Gasteiger charge is -2.35. The lowest BCUT2D eigenvalue weighted by molar-refractivity contribution is -0.0979. The fraction of sp³-hybridized carbons (Fsp3) is 0.625. The summed E-state index contributed by atoms with van der Waals surface area (Å²) in [5.41, 5.74) is 4.77. The van der Waals surface area contributed by atoms with Crippen LogP contribution in [0.5, 0.6) is 0 Å². The van der Waals surface area contributed by atoms with Crippen LogP contribution in [0.15, 0.2) is 46.9 Å². The number of hydrogen-bond donors (Lipinski definition) is 0. The molecule has 144 valence electrons. The number of carbonyl (C=O) groups is 1. The average Bonchev–Trinajstić information content (AvgIpc) is 3.33. The summed E-state index contributed by atoms with van der Waals surface area (Å²) in [6, 6.07) is 0. The van der Waals surface area contributed by atoms with Gasteiger partial charge in [-0.15, -0.1) is 11.8 Å². The van der Waals surface area contributed by atoms with Crippen molar-refractivity contribution in [1.82, 2.24) is 0 Å². The SMILES string of the molecule is C=C(/C=C\SC)/C=C\C(=C(\C1CCCC1)C1CCC1)C1CCCC1.C=O. The fourth-order valence-electron chi connectivity index (χ4n) is 4.87. The van der Waals surface area contributed by atoms with Crippen molar-refractivity contribution in [2.45, 2.75) is 70.6 Å². The smallest absolute Gasteiger partial charge is 0.106 e. The highest BCUT2D eigenvalue weighted by Crippen LogP contribution is 2.47. The molecule has 0 atom stereocenters. The number of rotatable bonds is 7. The quantitative estimate of drug-likeness (QED) is 0.437. The lowest BCUT2D eigenvalue weighted by atomic mass is 9.70. The first kappa shape index (κ1) is 21.3. The molecule has 26 heavy (non-hydrogen) atoms. The monoisotopic (exact) mass is 372 g/mol. The van der Waals surface area contributed by atoms with E-state index in [9.17, 15) is 0 Å². The molecule has 3 aliphatic carbocycles. The topological polar surface area (TPSA) is 17.1 Å². The van der Waals surface area contributed by atoms with E-state index in [-0.39, 0.29) is 0 Å². The van der Waals surface area contributed by atoms with Gasteiger partial charge >= 0.3 is 0 Å². The van der Waals surface area contributed by atoms with Crippen molar-refractivity contribution in [3.8, 4) is 0 Å². The van der Waals surface area contributed by atoms with E-state index >= 15 is 0 Å². The minimum Gasteiger partial charge on any atom is -0.307 e. The summed E-state index contributed by atoms with van der Waals surface area (Å²) in [5.74, 6) is 2.63. The van der Waals surface area contributed by atoms with Crippen molar-refractivity contribution in [3.05, 3.63) is 46.9 Å². The standard InChI is InChI=1S/C23H34S.CH2O/c1-18(16-17-24-2)14-15-22(19-8-3-4-9-19)23(21-12-7-13-21)20-10-5-6-11-20;1-2/h14-17,19-21H,1,3-13H2,2H3;1H2/b15-14-,17-16-,23-22+;. The van der Waals surface area contributed by atoms with Crippen molar-refractivity contribution < 1.29 is 4.79 Å². The van der Waals surface area contributed by atoms with Gasteiger partial charge in [0.05, 0.1) is 0 Å². The van der Waals surface area contributed by atoms with Crippen LogP contribution in [-0.4, -0.2) is 13.0 Å². The second kappa shape index (κ2) is 11.6. The maximum Gasteiger partial charge on any atom is 0.106 e. The zero-order valence-electron chi connectivity index (χ0n) is 16.6. The largest absolute Gasteiger partial charge is 0.307 e. The normalized spacial score (nSPS) is 23.1. The zero-order chi connectivity index (χ0) is 18.8.